The minimum Gasteiger partial charge on any atom is -0.491 e. The number of halogens is 1. The Labute approximate surface area is 160 Å². The molecule has 138 valence electrons. The van der Waals surface area contributed by atoms with Crippen LogP contribution in [0.5, 0.6) is 5.75 Å². The Bertz CT molecular complexity index is 965. The Balaban J connectivity index is 1.87. The summed E-state index contributed by atoms with van der Waals surface area (Å²) in [7, 11) is 0. The second-order valence-electron chi connectivity index (χ2n) is 5.99. The molecule has 0 N–H and O–H groups in total. The normalized spacial score (nSPS) is 15.0. The van der Waals surface area contributed by atoms with E-state index in [1.165, 1.54) is 18.2 Å². The number of hydrogen-bond donors (Lipinski definition) is 0. The van der Waals surface area contributed by atoms with Gasteiger partial charge in [-0.2, -0.15) is 0 Å². The van der Waals surface area contributed by atoms with E-state index in [0.717, 1.165) is 11.3 Å². The Morgan fingerprint density at radius 1 is 1.22 bits per heavy atom. The summed E-state index contributed by atoms with van der Waals surface area (Å²) in [6.45, 7) is 3.86. The van der Waals surface area contributed by atoms with Crippen LogP contribution < -0.4 is 4.74 Å². The van der Waals surface area contributed by atoms with Crippen LogP contribution in [0.2, 0.25) is 5.02 Å². The number of rotatable bonds is 5. The molecule has 8 heteroatoms. The zero-order valence-corrected chi connectivity index (χ0v) is 15.3. The van der Waals surface area contributed by atoms with Gasteiger partial charge in [0, 0.05) is 11.6 Å². The molecule has 3 rings (SSSR count). The van der Waals surface area contributed by atoms with Gasteiger partial charge in [0.25, 0.3) is 5.69 Å². The summed E-state index contributed by atoms with van der Waals surface area (Å²) in [6.07, 6.45) is 1.63. The van der Waals surface area contributed by atoms with Crippen LogP contribution in [0, 0.1) is 10.1 Å². The van der Waals surface area contributed by atoms with E-state index in [2.05, 4.69) is 4.99 Å². The van der Waals surface area contributed by atoms with Gasteiger partial charge in [0.05, 0.1) is 11.0 Å². The minimum absolute atomic E-state index is 0.00635. The molecule has 2 aromatic carbocycles. The fraction of sp³-hybridized carbons (Fsp3) is 0.158. The number of carbonyl (C=O) groups is 1. The van der Waals surface area contributed by atoms with Gasteiger partial charge < -0.3 is 9.47 Å². The highest BCUT2D eigenvalue weighted by molar-refractivity contribution is 6.32. The molecule has 0 spiro atoms. The highest BCUT2D eigenvalue weighted by Gasteiger charge is 2.26. The molecular formula is C19H15ClN2O5. The Morgan fingerprint density at radius 3 is 2.56 bits per heavy atom. The van der Waals surface area contributed by atoms with Gasteiger partial charge in [0.1, 0.15) is 10.8 Å². The number of benzene rings is 2. The summed E-state index contributed by atoms with van der Waals surface area (Å²) in [5.74, 6) is 0.0784. The van der Waals surface area contributed by atoms with Crippen molar-refractivity contribution in [3.8, 4) is 5.75 Å². The molecule has 2 aromatic rings. The van der Waals surface area contributed by atoms with Gasteiger partial charge in [-0.05, 0) is 49.8 Å². The highest BCUT2D eigenvalue weighted by atomic mass is 35.5. The van der Waals surface area contributed by atoms with E-state index in [1.54, 1.807) is 30.3 Å². The Hall–Kier alpha value is -3.19. The van der Waals surface area contributed by atoms with Crippen molar-refractivity contribution in [1.82, 2.24) is 0 Å². The van der Waals surface area contributed by atoms with Gasteiger partial charge in [-0.25, -0.2) is 9.79 Å². The molecule has 1 aliphatic rings. The standard InChI is InChI=1S/C19H15ClN2O5/c1-11(2)26-14-6-3-12(4-7-14)9-16-19(23)27-18(21-16)13-5-8-15(20)17(10-13)22(24)25/h3-11H,1-2H3/b16-9-. The predicted molar refractivity (Wildman–Crippen MR) is 101 cm³/mol. The van der Waals surface area contributed by atoms with E-state index < -0.39 is 10.9 Å². The SMILES string of the molecule is CC(C)Oc1ccc(/C=C2\N=C(c3ccc(Cl)c([N+](=O)[O-])c3)OC2=O)cc1. The van der Waals surface area contributed by atoms with E-state index in [9.17, 15) is 14.9 Å². The number of nitro benzene ring substituents is 1. The van der Waals surface area contributed by atoms with E-state index >= 15 is 0 Å². The molecule has 0 aliphatic carbocycles. The van der Waals surface area contributed by atoms with Crippen molar-refractivity contribution in [3.05, 3.63) is 74.4 Å². The van der Waals surface area contributed by atoms with Crippen LogP contribution in [0.25, 0.3) is 6.08 Å². The molecular weight excluding hydrogens is 372 g/mol. The maximum Gasteiger partial charge on any atom is 0.363 e. The molecule has 7 nitrogen and oxygen atoms in total. The quantitative estimate of drug-likeness (QED) is 0.329. The third-order valence-electron chi connectivity index (χ3n) is 3.57. The second-order valence-corrected chi connectivity index (χ2v) is 6.40. The van der Waals surface area contributed by atoms with Crippen LogP contribution in [-0.4, -0.2) is 22.9 Å². The topological polar surface area (TPSA) is 91.0 Å². The van der Waals surface area contributed by atoms with E-state index in [0.29, 0.717) is 5.56 Å². The number of hydrogen-bond acceptors (Lipinski definition) is 6. The van der Waals surface area contributed by atoms with Crippen LogP contribution in [0.15, 0.2) is 53.2 Å². The number of esters is 1. The van der Waals surface area contributed by atoms with Crippen molar-refractivity contribution >= 4 is 35.2 Å². The summed E-state index contributed by atoms with van der Waals surface area (Å²) >= 11 is 5.80. The molecule has 0 atom stereocenters. The average molecular weight is 387 g/mol. The summed E-state index contributed by atoms with van der Waals surface area (Å²) in [5.41, 5.74) is 0.847. The number of cyclic esters (lactones) is 1. The van der Waals surface area contributed by atoms with E-state index in [4.69, 9.17) is 21.1 Å². The number of carbonyl (C=O) groups excluding carboxylic acids is 1. The second kappa shape index (κ2) is 7.59. The lowest BCUT2D eigenvalue weighted by Crippen LogP contribution is -2.06. The fourth-order valence-electron chi connectivity index (χ4n) is 2.39. The van der Waals surface area contributed by atoms with Crippen LogP contribution in [0.1, 0.15) is 25.0 Å². The number of nitrogens with zero attached hydrogens (tertiary/aromatic N) is 2. The van der Waals surface area contributed by atoms with Gasteiger partial charge in [0.15, 0.2) is 5.70 Å². The van der Waals surface area contributed by atoms with Crippen LogP contribution in [0.3, 0.4) is 0 Å². The first-order valence-electron chi connectivity index (χ1n) is 8.07. The Kier molecular flexibility index (Phi) is 5.23. The van der Waals surface area contributed by atoms with Crippen molar-refractivity contribution in [3.63, 3.8) is 0 Å². The number of aliphatic imine (C=N–C) groups is 1. The lowest BCUT2D eigenvalue weighted by Gasteiger charge is -2.09. The monoisotopic (exact) mass is 386 g/mol. The highest BCUT2D eigenvalue weighted by Crippen LogP contribution is 2.27. The van der Waals surface area contributed by atoms with Crippen molar-refractivity contribution in [1.29, 1.82) is 0 Å². The van der Waals surface area contributed by atoms with Gasteiger partial charge >= 0.3 is 5.97 Å². The first-order valence-corrected chi connectivity index (χ1v) is 8.45. The van der Waals surface area contributed by atoms with Crippen LogP contribution >= 0.6 is 11.6 Å². The zero-order chi connectivity index (χ0) is 19.6. The lowest BCUT2D eigenvalue weighted by atomic mass is 10.2. The predicted octanol–water partition coefficient (Wildman–Crippen LogP) is 4.38. The molecule has 1 aliphatic heterocycles. The lowest BCUT2D eigenvalue weighted by molar-refractivity contribution is -0.384. The molecule has 0 radical (unpaired) electrons. The van der Waals surface area contributed by atoms with Gasteiger partial charge in [-0.1, -0.05) is 23.7 Å². The third kappa shape index (κ3) is 4.32. The molecule has 27 heavy (non-hydrogen) atoms. The molecule has 0 saturated heterocycles. The fourth-order valence-corrected chi connectivity index (χ4v) is 2.58. The number of ether oxygens (including phenoxy) is 2. The van der Waals surface area contributed by atoms with Crippen molar-refractivity contribution in [2.24, 2.45) is 4.99 Å². The molecule has 0 aromatic heterocycles. The summed E-state index contributed by atoms with van der Waals surface area (Å²) in [4.78, 5) is 26.6. The minimum atomic E-state index is -0.634. The van der Waals surface area contributed by atoms with E-state index in [-0.39, 0.29) is 28.4 Å². The average Bonchev–Trinajstić information content (AvgIpc) is 2.97. The first kappa shape index (κ1) is 18.6. The van der Waals surface area contributed by atoms with Gasteiger partial charge in [-0.3, -0.25) is 10.1 Å². The molecule has 0 bridgehead atoms. The van der Waals surface area contributed by atoms with Crippen LogP contribution in [-0.2, 0) is 9.53 Å². The Morgan fingerprint density at radius 2 is 1.93 bits per heavy atom. The van der Waals surface area contributed by atoms with Crippen molar-refractivity contribution in [2.45, 2.75) is 20.0 Å². The van der Waals surface area contributed by atoms with Gasteiger partial charge in [-0.15, -0.1) is 0 Å². The maximum atomic E-state index is 12.1. The molecule has 0 fully saturated rings. The largest absolute Gasteiger partial charge is 0.491 e. The van der Waals surface area contributed by atoms with Gasteiger partial charge in [0.2, 0.25) is 5.90 Å². The molecule has 0 amide bonds. The van der Waals surface area contributed by atoms with Crippen LogP contribution in [0.4, 0.5) is 5.69 Å². The smallest absolute Gasteiger partial charge is 0.363 e. The third-order valence-corrected chi connectivity index (χ3v) is 3.89. The molecule has 0 unspecified atom stereocenters. The zero-order valence-electron chi connectivity index (χ0n) is 14.5. The number of nitro groups is 1. The summed E-state index contributed by atoms with van der Waals surface area (Å²) < 4.78 is 10.7. The molecule has 1 heterocycles. The maximum absolute atomic E-state index is 12.1. The summed E-state index contributed by atoms with van der Waals surface area (Å²) in [6, 6.07) is 11.2. The molecule has 0 saturated carbocycles. The first-order chi connectivity index (χ1) is 12.8. The van der Waals surface area contributed by atoms with Crippen molar-refractivity contribution in [2.75, 3.05) is 0 Å². The van der Waals surface area contributed by atoms with E-state index in [1.807, 2.05) is 13.8 Å². The summed E-state index contributed by atoms with van der Waals surface area (Å²) in [5, 5.41) is 11.0. The van der Waals surface area contributed by atoms with Crippen molar-refractivity contribution < 1.29 is 19.2 Å².